The molecule has 6 heteroatoms. The summed E-state index contributed by atoms with van der Waals surface area (Å²) in [7, 11) is 1.58. The summed E-state index contributed by atoms with van der Waals surface area (Å²) in [5.41, 5.74) is 3.17. The molecule has 3 rings (SSSR count). The van der Waals surface area contributed by atoms with Gasteiger partial charge in [-0.1, -0.05) is 13.0 Å². The van der Waals surface area contributed by atoms with E-state index in [1.165, 1.54) is 12.7 Å². The number of hydrogen-bond donors (Lipinski definition) is 0. The van der Waals surface area contributed by atoms with Crippen LogP contribution in [-0.4, -0.2) is 12.1 Å². The second kappa shape index (κ2) is 7.79. The molecule has 0 amide bonds. The summed E-state index contributed by atoms with van der Waals surface area (Å²) in [6.07, 6.45) is 5.18. The van der Waals surface area contributed by atoms with Crippen molar-refractivity contribution in [2.75, 3.05) is 7.11 Å². The Bertz CT molecular complexity index is 893. The summed E-state index contributed by atoms with van der Waals surface area (Å²) in [5.74, 6) is 1.51. The maximum absolute atomic E-state index is 9.58. The Morgan fingerprint density at radius 2 is 2.19 bits per heavy atom. The van der Waals surface area contributed by atoms with Crippen LogP contribution < -0.4 is 9.47 Å². The van der Waals surface area contributed by atoms with Crippen molar-refractivity contribution in [1.29, 1.82) is 5.26 Å². The zero-order chi connectivity index (χ0) is 18.5. The molecule has 0 saturated heterocycles. The van der Waals surface area contributed by atoms with E-state index in [-0.39, 0.29) is 12.5 Å². The predicted octanol–water partition coefficient (Wildman–Crippen LogP) is 4.85. The largest absolute Gasteiger partial charge is 0.492 e. The first-order valence-corrected chi connectivity index (χ1v) is 8.34. The summed E-state index contributed by atoms with van der Waals surface area (Å²) >= 11 is 0. The number of methoxy groups -OCH3 is 1. The van der Waals surface area contributed by atoms with Crippen molar-refractivity contribution in [3.05, 3.63) is 53.9 Å². The number of hydrogen-bond acceptors (Lipinski definition) is 6. The Hall–Kier alpha value is -3.20. The van der Waals surface area contributed by atoms with Gasteiger partial charge in [0.2, 0.25) is 0 Å². The topological polar surface area (TPSA) is 81.4 Å². The third kappa shape index (κ3) is 3.29. The highest BCUT2D eigenvalue weighted by Gasteiger charge is 2.25. The lowest BCUT2D eigenvalue weighted by Gasteiger charge is -2.20. The van der Waals surface area contributed by atoms with Gasteiger partial charge in [0.05, 0.1) is 30.9 Å². The Morgan fingerprint density at radius 1 is 1.35 bits per heavy atom. The average molecular weight is 352 g/mol. The third-order valence-electron chi connectivity index (χ3n) is 4.21. The van der Waals surface area contributed by atoms with Gasteiger partial charge in [-0.25, -0.2) is 4.98 Å². The molecule has 0 radical (unpaired) electrons. The van der Waals surface area contributed by atoms with Crippen molar-refractivity contribution in [3.63, 3.8) is 0 Å². The van der Waals surface area contributed by atoms with E-state index in [0.29, 0.717) is 29.4 Å². The molecular formula is C20H20N2O4. The number of rotatable bonds is 7. The average Bonchev–Trinajstić information content (AvgIpc) is 3.35. The molecule has 2 aromatic heterocycles. The van der Waals surface area contributed by atoms with Crippen molar-refractivity contribution in [2.24, 2.45) is 0 Å². The zero-order valence-corrected chi connectivity index (χ0v) is 15.0. The van der Waals surface area contributed by atoms with E-state index < -0.39 is 0 Å². The number of oxazole rings is 1. The SMILES string of the molecule is CCC(C#N)c1cc(C)c(OCc2cocn2)c(OC)c1-c1ccco1. The zero-order valence-electron chi connectivity index (χ0n) is 15.0. The van der Waals surface area contributed by atoms with Crippen LogP contribution >= 0.6 is 0 Å². The van der Waals surface area contributed by atoms with Gasteiger partial charge in [0, 0.05) is 0 Å². The predicted molar refractivity (Wildman–Crippen MR) is 94.9 cm³/mol. The molecule has 134 valence electrons. The first-order chi connectivity index (χ1) is 12.7. The number of aryl methyl sites for hydroxylation is 1. The van der Waals surface area contributed by atoms with E-state index in [0.717, 1.165) is 16.7 Å². The number of ether oxygens (including phenoxy) is 2. The standard InChI is InChI=1S/C20H20N2O4/c1-4-14(9-21)16-8-13(2)19(26-11-15-10-24-12-22-15)20(23-3)18(16)17-6-5-7-25-17/h5-8,10,12,14H,4,11H2,1-3H3. The van der Waals surface area contributed by atoms with Gasteiger partial charge in [0.15, 0.2) is 17.9 Å². The molecule has 0 spiro atoms. The second-order valence-corrected chi connectivity index (χ2v) is 5.86. The fourth-order valence-electron chi connectivity index (χ4n) is 2.95. The van der Waals surface area contributed by atoms with Crippen LogP contribution in [0, 0.1) is 18.3 Å². The Kier molecular flexibility index (Phi) is 5.28. The summed E-state index contributed by atoms with van der Waals surface area (Å²) in [5, 5.41) is 9.58. The van der Waals surface area contributed by atoms with E-state index >= 15 is 0 Å². The van der Waals surface area contributed by atoms with Crippen LogP contribution in [0.4, 0.5) is 0 Å². The fraction of sp³-hybridized carbons (Fsp3) is 0.300. The second-order valence-electron chi connectivity index (χ2n) is 5.86. The maximum atomic E-state index is 9.58. The van der Waals surface area contributed by atoms with E-state index in [4.69, 9.17) is 18.3 Å². The molecule has 3 aromatic rings. The van der Waals surface area contributed by atoms with Crippen molar-refractivity contribution >= 4 is 0 Å². The molecule has 0 bridgehead atoms. The summed E-state index contributed by atoms with van der Waals surface area (Å²) in [4.78, 5) is 4.07. The molecule has 0 fully saturated rings. The molecular weight excluding hydrogens is 332 g/mol. The molecule has 2 heterocycles. The van der Waals surface area contributed by atoms with Crippen LogP contribution in [0.25, 0.3) is 11.3 Å². The number of furan rings is 1. The van der Waals surface area contributed by atoms with Crippen LogP contribution in [-0.2, 0) is 6.61 Å². The maximum Gasteiger partial charge on any atom is 0.180 e. The first-order valence-electron chi connectivity index (χ1n) is 8.34. The number of aromatic nitrogens is 1. The highest BCUT2D eigenvalue weighted by atomic mass is 16.5. The van der Waals surface area contributed by atoms with E-state index in [9.17, 15) is 5.26 Å². The normalized spacial score (nSPS) is 11.8. The lowest BCUT2D eigenvalue weighted by Crippen LogP contribution is -2.05. The van der Waals surface area contributed by atoms with Crippen molar-refractivity contribution < 1.29 is 18.3 Å². The number of nitrogens with zero attached hydrogens (tertiary/aromatic N) is 2. The van der Waals surface area contributed by atoms with Crippen LogP contribution in [0.3, 0.4) is 0 Å². The number of nitriles is 1. The summed E-state index contributed by atoms with van der Waals surface area (Å²) in [6, 6.07) is 7.99. The summed E-state index contributed by atoms with van der Waals surface area (Å²) < 4.78 is 22.3. The molecule has 26 heavy (non-hydrogen) atoms. The monoisotopic (exact) mass is 352 g/mol. The molecule has 0 aliphatic carbocycles. The first kappa shape index (κ1) is 17.6. The minimum Gasteiger partial charge on any atom is -0.492 e. The number of benzene rings is 1. The van der Waals surface area contributed by atoms with E-state index in [1.54, 1.807) is 13.4 Å². The molecule has 1 aromatic carbocycles. The van der Waals surface area contributed by atoms with Gasteiger partial charge in [0.1, 0.15) is 24.3 Å². The minimum atomic E-state index is -0.271. The molecule has 1 atom stereocenters. The van der Waals surface area contributed by atoms with Crippen molar-refractivity contribution in [1.82, 2.24) is 4.98 Å². The van der Waals surface area contributed by atoms with E-state index in [1.807, 2.05) is 32.0 Å². The van der Waals surface area contributed by atoms with Crippen LogP contribution in [0.2, 0.25) is 0 Å². The molecule has 0 aliphatic rings. The third-order valence-corrected chi connectivity index (χ3v) is 4.21. The van der Waals surface area contributed by atoms with Gasteiger partial charge in [-0.3, -0.25) is 0 Å². The van der Waals surface area contributed by atoms with Gasteiger partial charge >= 0.3 is 0 Å². The molecule has 1 unspecified atom stereocenters. The highest BCUT2D eigenvalue weighted by Crippen LogP contribution is 2.46. The Labute approximate surface area is 152 Å². The summed E-state index contributed by atoms with van der Waals surface area (Å²) in [6.45, 7) is 4.16. The fourth-order valence-corrected chi connectivity index (χ4v) is 2.95. The van der Waals surface area contributed by atoms with Crippen LogP contribution in [0.15, 0.2) is 46.0 Å². The lowest BCUT2D eigenvalue weighted by molar-refractivity contribution is 0.278. The Morgan fingerprint density at radius 3 is 2.77 bits per heavy atom. The van der Waals surface area contributed by atoms with Gasteiger partial charge in [-0.2, -0.15) is 5.26 Å². The molecule has 6 nitrogen and oxygen atoms in total. The smallest absolute Gasteiger partial charge is 0.180 e. The molecule has 0 N–H and O–H groups in total. The quantitative estimate of drug-likeness (QED) is 0.605. The lowest BCUT2D eigenvalue weighted by atomic mass is 9.89. The van der Waals surface area contributed by atoms with Crippen molar-refractivity contribution in [2.45, 2.75) is 32.8 Å². The highest BCUT2D eigenvalue weighted by molar-refractivity contribution is 5.76. The van der Waals surface area contributed by atoms with E-state index in [2.05, 4.69) is 11.1 Å². The van der Waals surface area contributed by atoms with Gasteiger partial charge in [-0.15, -0.1) is 0 Å². The molecule has 0 saturated carbocycles. The van der Waals surface area contributed by atoms with Crippen molar-refractivity contribution in [3.8, 4) is 28.9 Å². The van der Waals surface area contributed by atoms with Crippen LogP contribution in [0.1, 0.15) is 36.1 Å². The van der Waals surface area contributed by atoms with Gasteiger partial charge < -0.3 is 18.3 Å². The Balaban J connectivity index is 2.14. The van der Waals surface area contributed by atoms with Gasteiger partial charge in [0.25, 0.3) is 0 Å². The van der Waals surface area contributed by atoms with Crippen LogP contribution in [0.5, 0.6) is 11.5 Å². The minimum absolute atomic E-state index is 0.250. The van der Waals surface area contributed by atoms with Gasteiger partial charge in [-0.05, 0) is 36.6 Å². The molecule has 0 aliphatic heterocycles.